The van der Waals surface area contributed by atoms with Gasteiger partial charge < -0.3 is 10.1 Å². The van der Waals surface area contributed by atoms with Gasteiger partial charge >= 0.3 is 6.07 Å². The number of amides is 1. The van der Waals surface area contributed by atoms with Crippen LogP contribution in [0.4, 0.5) is 0 Å². The Labute approximate surface area is 167 Å². The van der Waals surface area contributed by atoms with Crippen LogP contribution in [0.5, 0.6) is 5.75 Å². The summed E-state index contributed by atoms with van der Waals surface area (Å²) in [5.41, 5.74) is 1.00. The summed E-state index contributed by atoms with van der Waals surface area (Å²) >= 11 is 11.9. The lowest BCUT2D eigenvalue weighted by molar-refractivity contribution is 0.0888. The Bertz CT molecular complexity index is 870. The van der Waals surface area contributed by atoms with E-state index in [9.17, 15) is 4.79 Å². The molecule has 0 radical (unpaired) electrons. The number of ether oxygens (including phenoxy) is 1. The number of nitrogens with zero attached hydrogens (tertiary/aromatic N) is 3. The fraction of sp³-hybridized carbons (Fsp3) is 0.368. The summed E-state index contributed by atoms with van der Waals surface area (Å²) in [5.74, 6) is 0.491. The molecule has 0 saturated heterocycles. The lowest BCUT2D eigenvalue weighted by Crippen LogP contribution is -2.40. The number of hydrogen-bond acceptors (Lipinski definition) is 4. The molecule has 27 heavy (non-hydrogen) atoms. The normalized spacial score (nSPS) is 18.9. The molecule has 0 atom stereocenters. The van der Waals surface area contributed by atoms with E-state index in [0.717, 1.165) is 37.0 Å². The van der Waals surface area contributed by atoms with Gasteiger partial charge in [-0.05, 0) is 49.9 Å². The van der Waals surface area contributed by atoms with Crippen molar-refractivity contribution in [3.05, 3.63) is 56.6 Å². The van der Waals surface area contributed by atoms with Crippen LogP contribution in [0.15, 0.2) is 30.3 Å². The maximum absolute atomic E-state index is 12.2. The summed E-state index contributed by atoms with van der Waals surface area (Å²) in [5, 5.41) is 11.3. The standard InChI is InChI=1S/C19H18Cl2N4O2/c1-22-11-12-2-5-15(10-16(12)20)27-14-6-3-13(4-7-14)23-19(26)17-8-9-18(21)25-24-17/h2,5,8-10,13-14H,3-4,6-7H2,1H3/p+1. The predicted molar refractivity (Wildman–Crippen MR) is 105 cm³/mol. The van der Waals surface area contributed by atoms with Crippen molar-refractivity contribution in [1.29, 1.82) is 0 Å². The number of hydrogen-bond donors (Lipinski definition) is 1. The summed E-state index contributed by atoms with van der Waals surface area (Å²) in [7, 11) is 1.65. The molecule has 0 bridgehead atoms. The highest BCUT2D eigenvalue weighted by atomic mass is 35.5. The molecule has 1 aliphatic rings. The molecule has 8 heteroatoms. The highest BCUT2D eigenvalue weighted by Gasteiger charge is 2.24. The first-order chi connectivity index (χ1) is 13.0. The zero-order valence-corrected chi connectivity index (χ0v) is 16.3. The number of carbonyl (C=O) groups excluding carboxylic acids is 1. The van der Waals surface area contributed by atoms with Gasteiger partial charge in [-0.25, -0.2) is 0 Å². The lowest BCUT2D eigenvalue weighted by Gasteiger charge is -2.29. The van der Waals surface area contributed by atoms with Crippen LogP contribution < -0.4 is 10.1 Å². The van der Waals surface area contributed by atoms with E-state index in [4.69, 9.17) is 27.9 Å². The third-order valence-corrected chi connectivity index (χ3v) is 4.86. The third kappa shape index (κ3) is 5.31. The molecule has 1 heterocycles. The van der Waals surface area contributed by atoms with Gasteiger partial charge in [0.15, 0.2) is 10.8 Å². The molecular weight excluding hydrogens is 387 g/mol. The van der Waals surface area contributed by atoms with Crippen LogP contribution in [-0.2, 0) is 0 Å². The van der Waals surface area contributed by atoms with Crippen molar-refractivity contribution in [2.24, 2.45) is 0 Å². The van der Waals surface area contributed by atoms with E-state index in [1.807, 2.05) is 12.1 Å². The highest BCUT2D eigenvalue weighted by Crippen LogP contribution is 2.27. The van der Waals surface area contributed by atoms with Gasteiger partial charge in [0.05, 0.1) is 11.1 Å². The van der Waals surface area contributed by atoms with Gasteiger partial charge in [-0.15, -0.1) is 10.2 Å². The third-order valence-electron chi connectivity index (χ3n) is 4.35. The monoisotopic (exact) mass is 405 g/mol. The van der Waals surface area contributed by atoms with Crippen LogP contribution in [0, 0.1) is 6.07 Å². The van der Waals surface area contributed by atoms with E-state index in [-0.39, 0.29) is 28.9 Å². The Hall–Kier alpha value is -2.36. The minimum Gasteiger partial charge on any atom is -0.490 e. The SMILES string of the molecule is C[N+]#Cc1ccc(OC2CCC(NC(=O)c3ccc(Cl)nn3)CC2)cc1Cl. The van der Waals surface area contributed by atoms with Crippen molar-refractivity contribution in [3.8, 4) is 11.8 Å². The lowest BCUT2D eigenvalue weighted by atomic mass is 9.93. The second kappa shape index (κ2) is 9.03. The van der Waals surface area contributed by atoms with E-state index >= 15 is 0 Å². The maximum Gasteiger partial charge on any atom is 0.312 e. The van der Waals surface area contributed by atoms with Crippen LogP contribution in [-0.4, -0.2) is 35.3 Å². The Morgan fingerprint density at radius 2 is 1.96 bits per heavy atom. The van der Waals surface area contributed by atoms with Crippen LogP contribution in [0.2, 0.25) is 10.2 Å². The zero-order chi connectivity index (χ0) is 19.2. The molecule has 1 aromatic heterocycles. The smallest absolute Gasteiger partial charge is 0.312 e. The van der Waals surface area contributed by atoms with Gasteiger partial charge in [0, 0.05) is 12.1 Å². The molecule has 1 aliphatic carbocycles. The van der Waals surface area contributed by atoms with E-state index in [1.165, 1.54) is 0 Å². The van der Waals surface area contributed by atoms with Gasteiger partial charge in [-0.2, -0.15) is 0 Å². The molecule has 3 rings (SSSR count). The summed E-state index contributed by atoms with van der Waals surface area (Å²) in [6.07, 6.45) is 3.45. The van der Waals surface area contributed by atoms with Crippen molar-refractivity contribution >= 4 is 29.1 Å². The second-order valence-corrected chi connectivity index (χ2v) is 7.08. The minimum absolute atomic E-state index is 0.0937. The number of aromatic nitrogens is 2. The van der Waals surface area contributed by atoms with Gasteiger partial charge in [-0.1, -0.05) is 28.0 Å². The first-order valence-corrected chi connectivity index (χ1v) is 9.42. The van der Waals surface area contributed by atoms with Gasteiger partial charge in [0.1, 0.15) is 11.3 Å². The first-order valence-electron chi connectivity index (χ1n) is 8.66. The highest BCUT2D eigenvalue weighted by molar-refractivity contribution is 6.31. The topological polar surface area (TPSA) is 68.5 Å². The Morgan fingerprint density at radius 3 is 2.59 bits per heavy atom. The number of carbonyl (C=O) groups is 1. The molecule has 1 amide bonds. The maximum atomic E-state index is 12.2. The molecule has 1 saturated carbocycles. The largest absolute Gasteiger partial charge is 0.490 e. The molecule has 0 unspecified atom stereocenters. The van der Waals surface area contributed by atoms with Crippen LogP contribution in [0.3, 0.4) is 0 Å². The average molecular weight is 406 g/mol. The van der Waals surface area contributed by atoms with Gasteiger partial charge in [0.25, 0.3) is 13.0 Å². The number of halogens is 2. The number of nitrogens with one attached hydrogen (secondary N) is 1. The van der Waals surface area contributed by atoms with Crippen LogP contribution >= 0.6 is 23.2 Å². The predicted octanol–water partition coefficient (Wildman–Crippen LogP) is 4.21. The summed E-state index contributed by atoms with van der Waals surface area (Å²) in [6.45, 7) is 0. The molecule has 2 aromatic rings. The Balaban J connectivity index is 1.50. The Morgan fingerprint density at radius 1 is 1.19 bits per heavy atom. The van der Waals surface area contributed by atoms with Crippen LogP contribution in [0.1, 0.15) is 41.7 Å². The van der Waals surface area contributed by atoms with Crippen molar-refractivity contribution in [1.82, 2.24) is 15.5 Å². The van der Waals surface area contributed by atoms with E-state index < -0.39 is 0 Å². The summed E-state index contributed by atoms with van der Waals surface area (Å²) < 4.78 is 6.03. The molecular formula is C19H19Cl2N4O2+. The van der Waals surface area contributed by atoms with E-state index in [2.05, 4.69) is 26.4 Å². The zero-order valence-electron chi connectivity index (χ0n) is 14.8. The molecule has 1 aromatic carbocycles. The van der Waals surface area contributed by atoms with Crippen molar-refractivity contribution in [3.63, 3.8) is 0 Å². The number of benzene rings is 1. The summed E-state index contributed by atoms with van der Waals surface area (Å²) in [6, 6.07) is 11.5. The molecule has 1 fully saturated rings. The summed E-state index contributed by atoms with van der Waals surface area (Å²) in [4.78, 5) is 16.0. The van der Waals surface area contributed by atoms with Gasteiger partial charge in [-0.3, -0.25) is 4.79 Å². The fourth-order valence-electron chi connectivity index (χ4n) is 2.99. The Kier molecular flexibility index (Phi) is 6.49. The molecule has 1 N–H and O–H groups in total. The molecule has 0 spiro atoms. The fourth-order valence-corrected chi connectivity index (χ4v) is 3.31. The molecule has 6 nitrogen and oxygen atoms in total. The van der Waals surface area contributed by atoms with Crippen molar-refractivity contribution in [2.45, 2.75) is 37.8 Å². The van der Waals surface area contributed by atoms with Crippen LogP contribution in [0.25, 0.3) is 4.85 Å². The van der Waals surface area contributed by atoms with Crippen molar-refractivity contribution in [2.75, 3.05) is 7.05 Å². The molecule has 0 aliphatic heterocycles. The van der Waals surface area contributed by atoms with E-state index in [1.54, 1.807) is 25.2 Å². The minimum atomic E-state index is -0.236. The first kappa shape index (κ1) is 19.4. The second-order valence-electron chi connectivity index (χ2n) is 6.28. The van der Waals surface area contributed by atoms with Gasteiger partial charge in [0.2, 0.25) is 0 Å². The molecule has 140 valence electrons. The number of rotatable bonds is 4. The quantitative estimate of drug-likeness (QED) is 0.826. The van der Waals surface area contributed by atoms with Crippen molar-refractivity contribution < 1.29 is 9.53 Å². The van der Waals surface area contributed by atoms with E-state index in [0.29, 0.717) is 5.02 Å². The average Bonchev–Trinajstić information content (AvgIpc) is 2.66.